The molecule has 9 heavy (non-hydrogen) atoms. The van der Waals surface area contributed by atoms with Crippen molar-refractivity contribution in [3.8, 4) is 0 Å². The van der Waals surface area contributed by atoms with E-state index < -0.39 is 15.5 Å². The zero-order valence-corrected chi connectivity index (χ0v) is 10.6. The van der Waals surface area contributed by atoms with Crippen LogP contribution in [0.3, 0.4) is 0 Å². The van der Waals surface area contributed by atoms with Crippen molar-refractivity contribution in [2.45, 2.75) is 0 Å². The first kappa shape index (κ1) is 16.9. The summed E-state index contributed by atoms with van der Waals surface area (Å²) in [6.45, 7) is 2.76. The third kappa shape index (κ3) is 219. The largest absolute Gasteiger partial charge is 1.00 e. The molecule has 48 valence electrons. The maximum Gasteiger partial charge on any atom is 1.00 e. The fraction of sp³-hybridized carbons (Fsp3) is 1.00. The first-order valence-electron chi connectivity index (χ1n) is 1.70. The van der Waals surface area contributed by atoms with Crippen LogP contribution in [0.15, 0.2) is 0 Å². The van der Waals surface area contributed by atoms with Gasteiger partial charge in [-0.15, -0.1) is 0 Å². The van der Waals surface area contributed by atoms with Crippen LogP contribution in [0.1, 0.15) is 0 Å². The van der Waals surface area contributed by atoms with Crippen LogP contribution in [-0.4, -0.2) is 13.3 Å². The normalized spacial score (nSPS) is 9.78. The molecule has 0 aliphatic heterocycles. The molecule has 3 unspecified atom stereocenters. The van der Waals surface area contributed by atoms with Crippen LogP contribution in [0, 0.1) is 0 Å². The molecule has 0 spiro atoms. The molecule has 0 aromatic carbocycles. The topological polar surface area (TPSA) is 57.2 Å². The van der Waals surface area contributed by atoms with Crippen LogP contribution in [-0.2, 0) is 9.13 Å². The molecule has 3 nitrogen and oxygen atoms in total. The molecular formula is C2H8NaO3P3+2. The molecule has 0 fully saturated rings. The Hall–Kier alpha value is 1.59. The summed E-state index contributed by atoms with van der Waals surface area (Å²) in [6.07, 6.45) is 0. The Labute approximate surface area is 81.0 Å². The van der Waals surface area contributed by atoms with Gasteiger partial charge in [-0.2, -0.15) is 0 Å². The average Bonchev–Trinajstić information content (AvgIpc) is 1.25. The molecule has 0 aromatic rings. The predicted molar refractivity (Wildman–Crippen MR) is 36.8 cm³/mol. The second kappa shape index (κ2) is 12.3. The average molecular weight is 196 g/mol. The Bertz CT molecular complexity index is 75.1. The smallest absolute Gasteiger partial charge is 0.596 e. The summed E-state index contributed by atoms with van der Waals surface area (Å²) >= 11 is 0. The van der Waals surface area contributed by atoms with Gasteiger partial charge in [0.15, 0.2) is 0 Å². The van der Waals surface area contributed by atoms with Crippen LogP contribution < -0.4 is 34.5 Å². The van der Waals surface area contributed by atoms with Crippen molar-refractivity contribution in [1.29, 1.82) is 0 Å². The van der Waals surface area contributed by atoms with Gasteiger partial charge in [0.2, 0.25) is 0 Å². The molecule has 0 radical (unpaired) electrons. The van der Waals surface area contributed by atoms with E-state index in [1.54, 1.807) is 6.66 Å². The Balaban J connectivity index is -0.0000000720. The molecule has 0 aliphatic rings. The van der Waals surface area contributed by atoms with E-state index >= 15 is 0 Å². The van der Waals surface area contributed by atoms with E-state index in [0.29, 0.717) is 0 Å². The van der Waals surface area contributed by atoms with Crippen molar-refractivity contribution in [1.82, 2.24) is 0 Å². The second-order valence-electron chi connectivity index (χ2n) is 0.986. The van der Waals surface area contributed by atoms with Crippen molar-refractivity contribution in [2.24, 2.45) is 0 Å². The molecule has 0 heterocycles. The Morgan fingerprint density at radius 2 is 1.33 bits per heavy atom. The number of hydrogen-bond acceptors (Lipinski definition) is 3. The van der Waals surface area contributed by atoms with Crippen molar-refractivity contribution in [2.75, 3.05) is 13.3 Å². The van der Waals surface area contributed by atoms with Crippen LogP contribution in [0.5, 0.6) is 0 Å². The molecule has 3 atom stereocenters. The molecule has 0 N–H and O–H groups in total. The van der Waals surface area contributed by atoms with E-state index in [1.165, 1.54) is 0 Å². The molecule has 0 saturated heterocycles. The van der Waals surface area contributed by atoms with Gasteiger partial charge in [-0.05, 0) is 0 Å². The first-order chi connectivity index (χ1) is 3.46. The first-order valence-corrected chi connectivity index (χ1v) is 6.65. The van der Waals surface area contributed by atoms with Crippen molar-refractivity contribution in [3.05, 3.63) is 0 Å². The Kier molecular flexibility index (Phi) is 23.1. The van der Waals surface area contributed by atoms with Crippen molar-refractivity contribution in [3.63, 3.8) is 0 Å². The van der Waals surface area contributed by atoms with Gasteiger partial charge >= 0.3 is 45.1 Å². The molecule has 7 heteroatoms. The van der Waals surface area contributed by atoms with E-state index in [-0.39, 0.29) is 29.6 Å². The van der Waals surface area contributed by atoms with Gasteiger partial charge in [0, 0.05) is 0 Å². The van der Waals surface area contributed by atoms with Crippen molar-refractivity contribution >= 4 is 24.4 Å². The van der Waals surface area contributed by atoms with Crippen LogP contribution in [0.4, 0.5) is 0 Å². The zero-order valence-electron chi connectivity index (χ0n) is 5.70. The number of hydrogen-bond donors (Lipinski definition) is 0. The minimum Gasteiger partial charge on any atom is -0.596 e. The van der Waals surface area contributed by atoms with E-state index in [9.17, 15) is 4.57 Å². The fourth-order valence-corrected chi connectivity index (χ4v) is 0. The molecule has 0 bridgehead atoms. The van der Waals surface area contributed by atoms with E-state index in [2.05, 4.69) is 8.93 Å². The molecule has 0 aromatic heterocycles. The van der Waals surface area contributed by atoms with Gasteiger partial charge in [0.25, 0.3) is 0 Å². The summed E-state index contributed by atoms with van der Waals surface area (Å²) in [4.78, 5) is 9.04. The summed E-state index contributed by atoms with van der Waals surface area (Å²) < 4.78 is 18.6. The SMILES string of the molecule is C[P+](=O)P.C[P+](=O)[O-].[Na+]. The molecule has 0 rings (SSSR count). The van der Waals surface area contributed by atoms with Gasteiger partial charge < -0.3 is 4.89 Å². The van der Waals surface area contributed by atoms with Gasteiger partial charge in [-0.25, -0.2) is 0 Å². The van der Waals surface area contributed by atoms with Gasteiger partial charge in [-0.3, -0.25) is 0 Å². The van der Waals surface area contributed by atoms with Gasteiger partial charge in [0.05, 0.1) is 0 Å². The van der Waals surface area contributed by atoms with Crippen molar-refractivity contribution < 1.29 is 43.6 Å². The third-order valence-electron chi connectivity index (χ3n) is 0. The minimum absolute atomic E-state index is 0. The molecule has 0 saturated carbocycles. The molecule has 0 amide bonds. The van der Waals surface area contributed by atoms with E-state index in [4.69, 9.17) is 9.46 Å². The van der Waals surface area contributed by atoms with E-state index in [0.717, 1.165) is 6.66 Å². The van der Waals surface area contributed by atoms with Crippen LogP contribution in [0.2, 0.25) is 0 Å². The maximum absolute atomic E-state index is 9.56. The predicted octanol–water partition coefficient (Wildman–Crippen LogP) is -2.04. The Morgan fingerprint density at radius 3 is 1.33 bits per heavy atom. The quantitative estimate of drug-likeness (QED) is 0.331. The minimum atomic E-state index is -2.12. The molecule has 0 aliphatic carbocycles. The maximum atomic E-state index is 9.56. The van der Waals surface area contributed by atoms with Crippen LogP contribution >= 0.6 is 24.4 Å². The number of rotatable bonds is 0. The second-order valence-corrected chi connectivity index (χ2v) is 5.14. The van der Waals surface area contributed by atoms with Crippen LogP contribution in [0.25, 0.3) is 0 Å². The Morgan fingerprint density at radius 1 is 1.33 bits per heavy atom. The van der Waals surface area contributed by atoms with E-state index in [1.807, 2.05) is 0 Å². The monoisotopic (exact) mass is 196 g/mol. The summed E-state index contributed by atoms with van der Waals surface area (Å²) in [6, 6.07) is 0. The summed E-state index contributed by atoms with van der Waals surface area (Å²) in [5.41, 5.74) is 0. The zero-order chi connectivity index (χ0) is 7.15. The van der Waals surface area contributed by atoms with Gasteiger partial charge in [0.1, 0.15) is 22.3 Å². The third-order valence-corrected chi connectivity index (χ3v) is 0. The summed E-state index contributed by atoms with van der Waals surface area (Å²) in [7, 11) is -0.907. The standard InChI is InChI=1S/CH3O2P.CH5OP2.Na/c2*1-4(2)3;/h1H3;3H2,1H3;/q;2*+1. The summed E-state index contributed by atoms with van der Waals surface area (Å²) in [5, 5.41) is 0. The fourth-order valence-electron chi connectivity index (χ4n) is 0. The molecular weight excluding hydrogens is 188 g/mol. The van der Waals surface area contributed by atoms with Gasteiger partial charge in [-0.1, -0.05) is 9.13 Å². The summed E-state index contributed by atoms with van der Waals surface area (Å²) in [5.74, 6) is 0.